The van der Waals surface area contributed by atoms with Gasteiger partial charge in [-0.3, -0.25) is 9.93 Å². The molecule has 1 atom stereocenters. The molecule has 4 nitrogen and oxygen atoms in total. The molecule has 2 N–H and O–H groups in total. The highest BCUT2D eigenvalue weighted by Gasteiger charge is 2.42. The van der Waals surface area contributed by atoms with Crippen molar-refractivity contribution in [3.05, 3.63) is 77.1 Å². The second-order valence-corrected chi connectivity index (χ2v) is 9.48. The van der Waals surface area contributed by atoms with Gasteiger partial charge in [0, 0.05) is 35.4 Å². The second kappa shape index (κ2) is 8.43. The average Bonchev–Trinajstić information content (AvgIpc) is 3.10. The number of carbonyl (C=O) groups excluding carboxylic acids is 1. The van der Waals surface area contributed by atoms with E-state index in [0.717, 1.165) is 39.3 Å². The second-order valence-electron chi connectivity index (χ2n) is 8.39. The van der Waals surface area contributed by atoms with Crippen molar-refractivity contribution >= 4 is 40.8 Å². The fourth-order valence-electron chi connectivity index (χ4n) is 4.65. The Kier molecular flexibility index (Phi) is 5.61. The Morgan fingerprint density at radius 3 is 2.50 bits per heavy atom. The van der Waals surface area contributed by atoms with E-state index in [-0.39, 0.29) is 23.7 Å². The molecule has 1 amide bonds. The molecule has 3 aromatic carbocycles. The molecule has 0 aromatic heterocycles. The number of amides is 1. The van der Waals surface area contributed by atoms with Crippen LogP contribution in [0.4, 0.5) is 15.8 Å². The van der Waals surface area contributed by atoms with Gasteiger partial charge in [-0.05, 0) is 60.7 Å². The monoisotopic (exact) mass is 467 g/mol. The largest absolute Gasteiger partial charge is 0.370 e. The third kappa shape index (κ3) is 3.56. The van der Waals surface area contributed by atoms with Gasteiger partial charge in [0.15, 0.2) is 5.82 Å². The van der Waals surface area contributed by atoms with Crippen LogP contribution in [0, 0.1) is 11.7 Å². The summed E-state index contributed by atoms with van der Waals surface area (Å²) in [5.41, 5.74) is 4.39. The van der Waals surface area contributed by atoms with E-state index >= 15 is 0 Å². The molecule has 164 valence electrons. The lowest BCUT2D eigenvalue weighted by Gasteiger charge is -2.42. The number of fused-ring (bicyclic) bond motifs is 1. The number of nitrogens with zero attached hydrogens (tertiary/aromatic N) is 2. The summed E-state index contributed by atoms with van der Waals surface area (Å²) in [6.07, 6.45) is 0.660. The minimum atomic E-state index is -0.390. The molecule has 0 unspecified atom stereocenters. The van der Waals surface area contributed by atoms with Gasteiger partial charge in [-0.2, -0.15) is 0 Å². The Hall–Kier alpha value is -2.54. The van der Waals surface area contributed by atoms with Crippen LogP contribution in [0.25, 0.3) is 11.1 Å². The zero-order valence-corrected chi connectivity index (χ0v) is 19.2. The maximum atomic E-state index is 15.0. The van der Waals surface area contributed by atoms with Gasteiger partial charge >= 0.3 is 0 Å². The predicted octanol–water partition coefficient (Wildman–Crippen LogP) is 5.53. The van der Waals surface area contributed by atoms with Crippen LogP contribution < -0.4 is 14.9 Å². The summed E-state index contributed by atoms with van der Waals surface area (Å²) in [5.74, 6) is -0.558. The van der Waals surface area contributed by atoms with Crippen LogP contribution in [0.1, 0.15) is 12.5 Å². The van der Waals surface area contributed by atoms with Crippen LogP contribution in [0.2, 0.25) is 5.02 Å². The van der Waals surface area contributed by atoms with Gasteiger partial charge in [0.1, 0.15) is 0 Å². The van der Waals surface area contributed by atoms with Crippen LogP contribution in [-0.2, 0) is 11.2 Å². The smallest absolute Gasteiger partial charge is 0.234 e. The summed E-state index contributed by atoms with van der Waals surface area (Å²) >= 11 is 7.18. The standard InChI is InChI=1S/C25H23ClFN3OS/c1-15-12-17-8-11-22(32-28)23(27)24(17)30(15)25(31)18-13-29(14-18)19-9-6-16(7-10-19)20-4-2-3-5-21(20)26/h2-11,15,18H,12-14,28H2,1H3/t15-/m0/s1. The van der Waals surface area contributed by atoms with Gasteiger partial charge in [0.05, 0.1) is 16.5 Å². The SMILES string of the molecule is C[C@H]1Cc2ccc(SN)c(F)c2N1C(=O)C1CN(c2ccc(-c3ccccc3Cl)cc2)C1. The summed E-state index contributed by atoms with van der Waals surface area (Å²) in [6, 6.07) is 19.5. The molecule has 1 fully saturated rings. The number of hydrogen-bond acceptors (Lipinski definition) is 4. The number of benzene rings is 3. The molecule has 0 aliphatic carbocycles. The maximum Gasteiger partial charge on any atom is 0.234 e. The van der Waals surface area contributed by atoms with Crippen molar-refractivity contribution in [1.82, 2.24) is 0 Å². The number of nitrogens with two attached hydrogens (primary N) is 1. The average molecular weight is 468 g/mol. The van der Waals surface area contributed by atoms with Crippen molar-refractivity contribution in [3.8, 4) is 11.1 Å². The van der Waals surface area contributed by atoms with Crippen molar-refractivity contribution in [2.45, 2.75) is 24.3 Å². The van der Waals surface area contributed by atoms with E-state index in [2.05, 4.69) is 17.0 Å². The number of carbonyl (C=O) groups is 1. The normalized spacial score (nSPS) is 17.9. The highest BCUT2D eigenvalue weighted by molar-refractivity contribution is 7.97. The summed E-state index contributed by atoms with van der Waals surface area (Å²) in [6.45, 7) is 3.21. The first kappa shape index (κ1) is 21.3. The number of hydrogen-bond donors (Lipinski definition) is 1. The van der Waals surface area contributed by atoms with Gasteiger partial charge < -0.3 is 9.80 Å². The summed E-state index contributed by atoms with van der Waals surface area (Å²) in [7, 11) is 0. The van der Waals surface area contributed by atoms with Crippen molar-refractivity contribution in [2.24, 2.45) is 11.1 Å². The zero-order valence-electron chi connectivity index (χ0n) is 17.6. The Bertz CT molecular complexity index is 1180. The molecule has 0 spiro atoms. The summed E-state index contributed by atoms with van der Waals surface area (Å²) < 4.78 is 15.0. The molecular weight excluding hydrogens is 445 g/mol. The molecule has 0 bridgehead atoms. The number of halogens is 2. The Morgan fingerprint density at radius 2 is 1.81 bits per heavy atom. The minimum Gasteiger partial charge on any atom is -0.370 e. The lowest BCUT2D eigenvalue weighted by molar-refractivity contribution is -0.123. The highest BCUT2D eigenvalue weighted by atomic mass is 35.5. The predicted molar refractivity (Wildman–Crippen MR) is 130 cm³/mol. The number of rotatable bonds is 4. The Morgan fingerprint density at radius 1 is 1.09 bits per heavy atom. The van der Waals surface area contributed by atoms with E-state index in [4.69, 9.17) is 16.7 Å². The molecule has 1 saturated heterocycles. The van der Waals surface area contributed by atoms with Crippen LogP contribution in [0.3, 0.4) is 0 Å². The van der Waals surface area contributed by atoms with Gasteiger partial charge in [0.25, 0.3) is 0 Å². The molecule has 7 heteroatoms. The topological polar surface area (TPSA) is 49.6 Å². The first-order valence-corrected chi connectivity index (χ1v) is 11.8. The van der Waals surface area contributed by atoms with Gasteiger partial charge in [-0.15, -0.1) is 0 Å². The zero-order chi connectivity index (χ0) is 22.4. The molecule has 3 aromatic rings. The van der Waals surface area contributed by atoms with Crippen molar-refractivity contribution in [2.75, 3.05) is 22.9 Å². The Labute approximate surface area is 196 Å². The molecule has 2 aliphatic heterocycles. The van der Waals surface area contributed by atoms with Crippen LogP contribution in [0.5, 0.6) is 0 Å². The maximum absolute atomic E-state index is 15.0. The van der Waals surface area contributed by atoms with E-state index in [1.54, 1.807) is 11.0 Å². The van der Waals surface area contributed by atoms with E-state index in [9.17, 15) is 9.18 Å². The van der Waals surface area contributed by atoms with Gasteiger partial charge in [0.2, 0.25) is 5.91 Å². The molecule has 32 heavy (non-hydrogen) atoms. The molecule has 0 saturated carbocycles. The lowest BCUT2D eigenvalue weighted by atomic mass is 9.96. The molecule has 2 heterocycles. The minimum absolute atomic E-state index is 0.0155. The quantitative estimate of drug-likeness (QED) is 0.513. The molecule has 5 rings (SSSR count). The van der Waals surface area contributed by atoms with E-state index in [0.29, 0.717) is 30.1 Å². The van der Waals surface area contributed by atoms with Crippen molar-refractivity contribution < 1.29 is 9.18 Å². The van der Waals surface area contributed by atoms with Gasteiger partial charge in [-0.1, -0.05) is 48.0 Å². The van der Waals surface area contributed by atoms with Crippen molar-refractivity contribution in [1.29, 1.82) is 0 Å². The van der Waals surface area contributed by atoms with Crippen LogP contribution in [0.15, 0.2) is 65.6 Å². The lowest BCUT2D eigenvalue weighted by Crippen LogP contribution is -2.55. The van der Waals surface area contributed by atoms with Gasteiger partial charge in [-0.25, -0.2) is 4.39 Å². The van der Waals surface area contributed by atoms with Crippen LogP contribution in [-0.4, -0.2) is 25.0 Å². The fourth-order valence-corrected chi connectivity index (χ4v) is 5.24. The van der Waals surface area contributed by atoms with Crippen molar-refractivity contribution in [3.63, 3.8) is 0 Å². The molecule has 0 radical (unpaired) electrons. The Balaban J connectivity index is 1.29. The highest BCUT2D eigenvalue weighted by Crippen LogP contribution is 2.40. The van der Waals surface area contributed by atoms with Crippen LogP contribution >= 0.6 is 23.5 Å². The summed E-state index contributed by atoms with van der Waals surface area (Å²) in [5, 5.41) is 6.32. The third-order valence-corrected chi connectivity index (χ3v) is 7.27. The summed E-state index contributed by atoms with van der Waals surface area (Å²) in [4.78, 5) is 17.5. The van der Waals surface area contributed by atoms with E-state index in [1.165, 1.54) is 0 Å². The van der Waals surface area contributed by atoms with E-state index in [1.807, 2.05) is 49.4 Å². The fraction of sp³-hybridized carbons (Fsp3) is 0.240. The third-order valence-electron chi connectivity index (χ3n) is 6.37. The first-order chi connectivity index (χ1) is 15.5. The molecule has 2 aliphatic rings. The number of anilines is 2. The van der Waals surface area contributed by atoms with E-state index < -0.39 is 0 Å². The first-order valence-electron chi connectivity index (χ1n) is 10.6. The molecular formula is C25H23ClFN3OS.